The molecule has 0 spiro atoms. The molecule has 47 heavy (non-hydrogen) atoms. The van der Waals surface area contributed by atoms with E-state index in [1.807, 2.05) is 18.2 Å². The number of aliphatic carboxylic acids is 2. The Balaban J connectivity index is 0.000000360. The number of anilines is 4. The molecule has 19 heteroatoms. The number of nitrogens with zero attached hydrogens (tertiary/aromatic N) is 3. The van der Waals surface area contributed by atoms with Crippen molar-refractivity contribution in [3.8, 4) is 0 Å². The lowest BCUT2D eigenvalue weighted by Crippen LogP contribution is -2.34. The predicted molar refractivity (Wildman–Crippen MR) is 156 cm³/mol. The molecular weight excluding hydrogens is 666 g/mol. The van der Waals surface area contributed by atoms with Crippen LogP contribution in [0.3, 0.4) is 0 Å². The summed E-state index contributed by atoms with van der Waals surface area (Å²) in [6, 6.07) is 14.7. The van der Waals surface area contributed by atoms with Gasteiger partial charge in [0.25, 0.3) is 0 Å². The lowest BCUT2D eigenvalue weighted by atomic mass is 9.98. The number of likely N-dealkylation sites (tertiary alicyclic amines) is 1. The van der Waals surface area contributed by atoms with E-state index in [4.69, 9.17) is 31.4 Å². The van der Waals surface area contributed by atoms with Crippen LogP contribution < -0.4 is 16.0 Å². The maximum atomic E-state index is 11.2. The van der Waals surface area contributed by atoms with E-state index < -0.39 is 30.4 Å². The summed E-state index contributed by atoms with van der Waals surface area (Å²) in [5.74, 6) is -4.49. The summed E-state index contributed by atoms with van der Waals surface area (Å²) in [6.07, 6.45) is -6.84. The Labute approximate surface area is 267 Å². The lowest BCUT2D eigenvalue weighted by Gasteiger charge is -2.17. The number of carboxylic acids is 2. The highest BCUT2D eigenvalue weighted by Gasteiger charge is 2.39. The molecule has 1 aromatic heterocycles. The van der Waals surface area contributed by atoms with E-state index in [9.17, 15) is 36.2 Å². The minimum atomic E-state index is -5.08. The van der Waals surface area contributed by atoms with Crippen LogP contribution in [-0.2, 0) is 29.0 Å². The quantitative estimate of drug-likeness (QED) is 0.182. The molecule has 2 aliphatic rings. The molecule has 6 bridgehead atoms. The number of alkyl halides is 6. The molecule has 0 radical (unpaired) electrons. The van der Waals surface area contributed by atoms with Gasteiger partial charge in [0.1, 0.15) is 5.02 Å². The Morgan fingerprint density at radius 3 is 2.17 bits per heavy atom. The van der Waals surface area contributed by atoms with E-state index in [-0.39, 0.29) is 6.04 Å². The number of aryl methyl sites for hydroxylation is 2. The number of carboxylic acid groups (broad SMARTS) is 3. The third kappa shape index (κ3) is 11.5. The Kier molecular flexibility index (Phi) is 12.2. The zero-order valence-corrected chi connectivity index (χ0v) is 24.7. The second-order valence-electron chi connectivity index (χ2n) is 10.0. The fourth-order valence-corrected chi connectivity index (χ4v) is 4.47. The first kappa shape index (κ1) is 36.6. The summed E-state index contributed by atoms with van der Waals surface area (Å²) in [5.41, 5.74) is 5.48. The Morgan fingerprint density at radius 1 is 0.936 bits per heavy atom. The lowest BCUT2D eigenvalue weighted by molar-refractivity contribution is -0.193. The van der Waals surface area contributed by atoms with Gasteiger partial charge in [-0.05, 0) is 60.2 Å². The van der Waals surface area contributed by atoms with Gasteiger partial charge < -0.3 is 36.2 Å². The van der Waals surface area contributed by atoms with Crippen LogP contribution in [0.15, 0.2) is 48.7 Å². The van der Waals surface area contributed by atoms with E-state index >= 15 is 0 Å². The van der Waals surface area contributed by atoms with Gasteiger partial charge in [0.05, 0.1) is 6.20 Å². The van der Waals surface area contributed by atoms with Gasteiger partial charge in [-0.1, -0.05) is 29.8 Å². The average molecular weight is 693 g/mol. The van der Waals surface area contributed by atoms with E-state index in [1.165, 1.54) is 21.6 Å². The van der Waals surface area contributed by atoms with Crippen molar-refractivity contribution in [2.45, 2.75) is 44.2 Å². The number of fused-ring (bicyclic) bond motifs is 6. The molecule has 2 aromatic carbocycles. The molecule has 2 aliphatic heterocycles. The zero-order chi connectivity index (χ0) is 34.9. The molecule has 6 N–H and O–H groups in total. The van der Waals surface area contributed by atoms with Crippen molar-refractivity contribution in [1.29, 1.82) is 0 Å². The van der Waals surface area contributed by atoms with Crippen molar-refractivity contribution in [3.63, 3.8) is 0 Å². The van der Waals surface area contributed by atoms with Crippen molar-refractivity contribution in [3.05, 3.63) is 70.4 Å². The maximum absolute atomic E-state index is 11.2. The van der Waals surface area contributed by atoms with E-state index in [1.54, 1.807) is 6.20 Å². The molecule has 1 atom stereocenters. The van der Waals surface area contributed by atoms with Crippen LogP contribution in [0.2, 0.25) is 5.02 Å². The summed E-state index contributed by atoms with van der Waals surface area (Å²) < 4.78 is 63.5. The summed E-state index contributed by atoms with van der Waals surface area (Å²) in [6.45, 7) is 1.79. The molecular formula is C28H27ClF6N6O6. The molecule has 1 saturated heterocycles. The molecule has 1 fully saturated rings. The highest BCUT2D eigenvalue weighted by molar-refractivity contribution is 6.32. The van der Waals surface area contributed by atoms with E-state index in [0.29, 0.717) is 36.4 Å². The summed E-state index contributed by atoms with van der Waals surface area (Å²) in [5, 5.41) is 34.0. The number of aromatic nitrogens is 2. The van der Waals surface area contributed by atoms with Crippen LogP contribution in [-0.4, -0.2) is 79.7 Å². The first-order valence-corrected chi connectivity index (χ1v) is 13.9. The first-order chi connectivity index (χ1) is 21.9. The highest BCUT2D eigenvalue weighted by atomic mass is 35.5. The molecule has 254 valence electrons. The number of hydrogen-bond donors (Lipinski definition) is 6. The van der Waals surface area contributed by atoms with Crippen LogP contribution in [0.1, 0.15) is 23.1 Å². The first-order valence-electron chi connectivity index (χ1n) is 13.5. The standard InChI is InChI=1S/C24H25ClN6O2.2C2HF3O2/c25-21-13-27-23-29-18-3-1-2-15(10-18)4-5-16-11-19(28-22(21)30-23)7-6-17(16)12-26-20-8-9-31(14-20)24(32)33;2*3-2(4,5)1(6)7/h1-3,6-7,10-11,13,20,26H,4-5,8-9,12,14H2,(H,32,33)(H2,27,28,29,30);2*(H,6,7)/t20-;;/m1../s1. The fourth-order valence-electron chi connectivity index (χ4n) is 4.33. The van der Waals surface area contributed by atoms with Crippen molar-refractivity contribution < 1.29 is 56.0 Å². The number of nitrogens with one attached hydrogen (secondary N) is 3. The number of amides is 1. The predicted octanol–water partition coefficient (Wildman–Crippen LogP) is 5.82. The number of carbonyl (C=O) groups is 3. The smallest absolute Gasteiger partial charge is 0.475 e. The Hall–Kier alpha value is -4.84. The number of hydrogen-bond acceptors (Lipinski definition) is 8. The molecule has 5 rings (SSSR count). The summed E-state index contributed by atoms with van der Waals surface area (Å²) in [7, 11) is 0. The molecule has 3 aromatic rings. The second-order valence-corrected chi connectivity index (χ2v) is 10.4. The van der Waals surface area contributed by atoms with Gasteiger partial charge in [0.15, 0.2) is 5.82 Å². The van der Waals surface area contributed by atoms with Gasteiger partial charge in [-0.15, -0.1) is 0 Å². The van der Waals surface area contributed by atoms with E-state index in [0.717, 1.165) is 30.6 Å². The Morgan fingerprint density at radius 2 is 1.57 bits per heavy atom. The molecule has 1 amide bonds. The minimum Gasteiger partial charge on any atom is -0.475 e. The molecule has 0 aliphatic carbocycles. The van der Waals surface area contributed by atoms with Crippen LogP contribution in [0.5, 0.6) is 0 Å². The average Bonchev–Trinajstić information content (AvgIpc) is 3.46. The topological polar surface area (TPSA) is 177 Å². The Bertz CT molecular complexity index is 1570. The van der Waals surface area contributed by atoms with Gasteiger partial charge in [-0.3, -0.25) is 0 Å². The largest absolute Gasteiger partial charge is 0.490 e. The van der Waals surface area contributed by atoms with Crippen molar-refractivity contribution in [2.24, 2.45) is 0 Å². The minimum absolute atomic E-state index is 0.168. The third-order valence-corrected chi connectivity index (χ3v) is 6.88. The van der Waals surface area contributed by atoms with Gasteiger partial charge in [-0.25, -0.2) is 19.4 Å². The number of benzene rings is 2. The molecule has 12 nitrogen and oxygen atoms in total. The second kappa shape index (κ2) is 15.6. The van der Waals surface area contributed by atoms with Crippen molar-refractivity contribution in [1.82, 2.24) is 20.2 Å². The van der Waals surface area contributed by atoms with Gasteiger partial charge in [-0.2, -0.15) is 31.3 Å². The maximum Gasteiger partial charge on any atom is 0.490 e. The van der Waals surface area contributed by atoms with Gasteiger partial charge in [0, 0.05) is 37.1 Å². The van der Waals surface area contributed by atoms with Crippen molar-refractivity contribution >= 4 is 52.8 Å². The van der Waals surface area contributed by atoms with Crippen LogP contribution in [0.25, 0.3) is 0 Å². The third-order valence-electron chi connectivity index (χ3n) is 6.60. The highest BCUT2D eigenvalue weighted by Crippen LogP contribution is 2.28. The van der Waals surface area contributed by atoms with Crippen LogP contribution >= 0.6 is 11.6 Å². The van der Waals surface area contributed by atoms with Gasteiger partial charge >= 0.3 is 30.4 Å². The fraction of sp³-hybridized carbons (Fsp3) is 0.321. The molecule has 3 heterocycles. The van der Waals surface area contributed by atoms with E-state index in [2.05, 4.69) is 50.2 Å². The summed E-state index contributed by atoms with van der Waals surface area (Å²) in [4.78, 5) is 39.3. The van der Waals surface area contributed by atoms with Crippen LogP contribution in [0.4, 0.5) is 54.3 Å². The van der Waals surface area contributed by atoms with Crippen molar-refractivity contribution in [2.75, 3.05) is 23.7 Å². The summed E-state index contributed by atoms with van der Waals surface area (Å²) >= 11 is 6.35. The van der Waals surface area contributed by atoms with Gasteiger partial charge in [0.2, 0.25) is 5.95 Å². The SMILES string of the molecule is O=C(O)C(F)(F)F.O=C(O)C(F)(F)F.O=C(O)N1CC[C@@H](NCc2ccc3cc2CCc2cccc(c2)Nc2ncc(Cl)c(n2)N3)C1. The monoisotopic (exact) mass is 692 g/mol. The normalized spacial score (nSPS) is 15.5. The number of halogens is 7. The zero-order valence-electron chi connectivity index (χ0n) is 24.0. The molecule has 0 saturated carbocycles. The molecule has 0 unspecified atom stereocenters. The van der Waals surface area contributed by atoms with Crippen LogP contribution in [0, 0.1) is 0 Å². The number of rotatable bonds is 3.